The van der Waals surface area contributed by atoms with E-state index in [4.69, 9.17) is 18.5 Å². The summed E-state index contributed by atoms with van der Waals surface area (Å²) in [6.45, 7) is 4.16. The smallest absolute Gasteiger partial charge is 0.306 e. The number of phosphoric ester groups is 1. The lowest BCUT2D eigenvalue weighted by molar-refractivity contribution is -0.870. The Labute approximate surface area is 276 Å². The van der Waals surface area contributed by atoms with Crippen LogP contribution in [-0.2, 0) is 32.7 Å². The minimum absolute atomic E-state index is 0.0266. The van der Waals surface area contributed by atoms with Gasteiger partial charge in [0.1, 0.15) is 19.8 Å². The molecule has 0 radical (unpaired) electrons. The normalized spacial score (nSPS) is 13.8. The number of hydrogen-bond acceptors (Lipinski definition) is 8. The van der Waals surface area contributed by atoms with E-state index >= 15 is 0 Å². The Balaban J connectivity index is 4.34. The van der Waals surface area contributed by atoms with Crippen LogP contribution < -0.4 is 4.89 Å². The summed E-state index contributed by atoms with van der Waals surface area (Å²) in [5.74, 6) is -0.838. The van der Waals surface area contributed by atoms with Gasteiger partial charge in [-0.05, 0) is 12.8 Å². The third-order valence-corrected chi connectivity index (χ3v) is 8.84. The molecule has 10 heteroatoms. The molecule has 0 spiro atoms. The van der Waals surface area contributed by atoms with Gasteiger partial charge in [0.05, 0.1) is 27.7 Å². The molecule has 0 rings (SSSR count). The molecule has 268 valence electrons. The molecule has 0 heterocycles. The number of unbranched alkanes of at least 4 members (excludes halogenated alkanes) is 19. The van der Waals surface area contributed by atoms with Gasteiger partial charge >= 0.3 is 11.9 Å². The Kier molecular flexibility index (Phi) is 28.5. The monoisotopic (exact) mass is 663 g/mol. The maximum Gasteiger partial charge on any atom is 0.306 e. The van der Waals surface area contributed by atoms with Crippen molar-refractivity contribution in [3.63, 3.8) is 0 Å². The second kappa shape index (κ2) is 29.2. The average molecular weight is 664 g/mol. The fourth-order valence-electron chi connectivity index (χ4n) is 4.95. The van der Waals surface area contributed by atoms with Crippen LogP contribution in [0.25, 0.3) is 0 Å². The summed E-state index contributed by atoms with van der Waals surface area (Å²) in [5, 5.41) is 0. The summed E-state index contributed by atoms with van der Waals surface area (Å²) in [4.78, 5) is 37.0. The van der Waals surface area contributed by atoms with E-state index in [2.05, 4.69) is 13.8 Å². The standard InChI is InChI=1S/C35H70NO8P/c1-6-8-10-12-14-15-16-17-18-19-20-21-22-24-26-28-35(38)44-33(31-41-34(37)27-25-23-13-11-9-7-2)32-43-45(39,40)42-30-29-36(3,4)5/h33H,6-32H2,1-5H3. The van der Waals surface area contributed by atoms with E-state index in [1.165, 1.54) is 89.9 Å². The summed E-state index contributed by atoms with van der Waals surface area (Å²) in [6, 6.07) is 0. The van der Waals surface area contributed by atoms with Crippen molar-refractivity contribution in [2.75, 3.05) is 47.5 Å². The molecule has 2 atom stereocenters. The molecule has 0 aromatic rings. The first-order valence-electron chi connectivity index (χ1n) is 18.2. The number of likely N-dealkylation sites (N-methyl/N-ethyl adjacent to an activating group) is 1. The van der Waals surface area contributed by atoms with Crippen molar-refractivity contribution in [3.8, 4) is 0 Å². The molecule has 0 amide bonds. The summed E-state index contributed by atoms with van der Waals surface area (Å²) in [6.07, 6.45) is 24.4. The lowest BCUT2D eigenvalue weighted by Gasteiger charge is -2.28. The summed E-state index contributed by atoms with van der Waals surface area (Å²) in [5.41, 5.74) is 0. The highest BCUT2D eigenvalue weighted by molar-refractivity contribution is 7.45. The zero-order valence-corrected chi connectivity index (χ0v) is 30.7. The Morgan fingerprint density at radius 1 is 0.600 bits per heavy atom. The molecule has 0 saturated heterocycles. The third-order valence-electron chi connectivity index (χ3n) is 7.88. The Morgan fingerprint density at radius 3 is 1.42 bits per heavy atom. The lowest BCUT2D eigenvalue weighted by Crippen LogP contribution is -2.37. The molecule has 0 aliphatic heterocycles. The second-order valence-corrected chi connectivity index (χ2v) is 15.0. The molecule has 0 aliphatic rings. The van der Waals surface area contributed by atoms with Gasteiger partial charge in [0.2, 0.25) is 0 Å². The van der Waals surface area contributed by atoms with E-state index < -0.39 is 32.5 Å². The molecule has 0 aromatic carbocycles. The number of esters is 2. The minimum atomic E-state index is -4.60. The Hall–Kier alpha value is -0.990. The van der Waals surface area contributed by atoms with Crippen LogP contribution in [0.4, 0.5) is 0 Å². The van der Waals surface area contributed by atoms with Crippen LogP contribution in [0.5, 0.6) is 0 Å². The van der Waals surface area contributed by atoms with Gasteiger partial charge in [0.15, 0.2) is 6.10 Å². The number of hydrogen-bond donors (Lipinski definition) is 0. The zero-order valence-electron chi connectivity index (χ0n) is 29.8. The number of carbonyl (C=O) groups is 2. The van der Waals surface area contributed by atoms with Gasteiger partial charge in [-0.2, -0.15) is 0 Å². The topological polar surface area (TPSA) is 111 Å². The molecule has 9 nitrogen and oxygen atoms in total. The van der Waals surface area contributed by atoms with Crippen molar-refractivity contribution in [1.29, 1.82) is 0 Å². The lowest BCUT2D eigenvalue weighted by atomic mass is 10.0. The second-order valence-electron chi connectivity index (χ2n) is 13.6. The quantitative estimate of drug-likeness (QED) is 0.0297. The SMILES string of the molecule is CCCCCCCCCCCCCCCCCC(=O)OC(COC(=O)CCCCCCCC)COP(=O)([O-])OCC[N+](C)(C)C. The summed E-state index contributed by atoms with van der Waals surface area (Å²) < 4.78 is 33.6. The van der Waals surface area contributed by atoms with Crippen molar-refractivity contribution >= 4 is 19.8 Å². The Morgan fingerprint density at radius 2 is 1.00 bits per heavy atom. The highest BCUT2D eigenvalue weighted by Crippen LogP contribution is 2.38. The van der Waals surface area contributed by atoms with Crippen LogP contribution in [0.15, 0.2) is 0 Å². The van der Waals surface area contributed by atoms with E-state index in [-0.39, 0.29) is 26.1 Å². The molecule has 2 unspecified atom stereocenters. The summed E-state index contributed by atoms with van der Waals surface area (Å²) in [7, 11) is 1.17. The van der Waals surface area contributed by atoms with Gasteiger partial charge < -0.3 is 27.9 Å². The van der Waals surface area contributed by atoms with Crippen LogP contribution in [0.1, 0.15) is 162 Å². The van der Waals surface area contributed by atoms with Gasteiger partial charge in [-0.1, -0.05) is 136 Å². The highest BCUT2D eigenvalue weighted by atomic mass is 31.2. The van der Waals surface area contributed by atoms with Gasteiger partial charge in [0.25, 0.3) is 7.82 Å². The largest absolute Gasteiger partial charge is 0.756 e. The molecule has 0 N–H and O–H groups in total. The molecular formula is C35H70NO8P. The van der Waals surface area contributed by atoms with Crippen LogP contribution in [0.2, 0.25) is 0 Å². The van der Waals surface area contributed by atoms with E-state index in [9.17, 15) is 19.0 Å². The molecule has 0 aliphatic carbocycles. The highest BCUT2D eigenvalue weighted by Gasteiger charge is 2.21. The minimum Gasteiger partial charge on any atom is -0.756 e. The predicted octanol–water partition coefficient (Wildman–Crippen LogP) is 8.66. The van der Waals surface area contributed by atoms with Gasteiger partial charge in [0, 0.05) is 12.8 Å². The molecule has 0 saturated carbocycles. The van der Waals surface area contributed by atoms with Crippen molar-refractivity contribution in [3.05, 3.63) is 0 Å². The fourth-order valence-corrected chi connectivity index (χ4v) is 5.68. The van der Waals surface area contributed by atoms with Crippen LogP contribution in [0.3, 0.4) is 0 Å². The molecule has 0 bridgehead atoms. The van der Waals surface area contributed by atoms with Crippen LogP contribution in [0, 0.1) is 0 Å². The van der Waals surface area contributed by atoms with E-state index in [1.807, 2.05) is 21.1 Å². The number of carbonyl (C=O) groups excluding carboxylic acids is 2. The number of quaternary nitrogens is 1. The van der Waals surface area contributed by atoms with Crippen molar-refractivity contribution in [1.82, 2.24) is 0 Å². The van der Waals surface area contributed by atoms with Crippen molar-refractivity contribution in [2.24, 2.45) is 0 Å². The maximum absolute atomic E-state index is 12.5. The third kappa shape index (κ3) is 32.7. The van der Waals surface area contributed by atoms with Crippen LogP contribution in [-0.4, -0.2) is 70.0 Å². The van der Waals surface area contributed by atoms with Crippen molar-refractivity contribution in [2.45, 2.75) is 168 Å². The number of ether oxygens (including phenoxy) is 2. The van der Waals surface area contributed by atoms with E-state index in [0.29, 0.717) is 17.4 Å². The van der Waals surface area contributed by atoms with Gasteiger partial charge in [-0.3, -0.25) is 14.2 Å². The maximum atomic E-state index is 12.5. The van der Waals surface area contributed by atoms with E-state index in [0.717, 1.165) is 38.5 Å². The Bertz CT molecular complexity index is 758. The first kappa shape index (κ1) is 44.0. The molecule has 0 fully saturated rings. The van der Waals surface area contributed by atoms with Crippen LogP contribution >= 0.6 is 7.82 Å². The number of rotatable bonds is 33. The van der Waals surface area contributed by atoms with Gasteiger partial charge in [-0.15, -0.1) is 0 Å². The average Bonchev–Trinajstić information content (AvgIpc) is 2.97. The first-order valence-corrected chi connectivity index (χ1v) is 19.7. The molecular weight excluding hydrogens is 593 g/mol. The summed E-state index contributed by atoms with van der Waals surface area (Å²) >= 11 is 0. The fraction of sp³-hybridized carbons (Fsp3) is 0.943. The predicted molar refractivity (Wildman–Crippen MR) is 181 cm³/mol. The number of phosphoric acid groups is 1. The number of nitrogens with zero attached hydrogens (tertiary/aromatic N) is 1. The van der Waals surface area contributed by atoms with E-state index in [1.54, 1.807) is 0 Å². The van der Waals surface area contributed by atoms with Gasteiger partial charge in [-0.25, -0.2) is 0 Å². The first-order chi connectivity index (χ1) is 21.5. The molecule has 0 aromatic heterocycles. The van der Waals surface area contributed by atoms with Crippen molar-refractivity contribution < 1.29 is 42.1 Å². The zero-order chi connectivity index (χ0) is 33.7. The molecule has 45 heavy (non-hydrogen) atoms.